The van der Waals surface area contributed by atoms with Gasteiger partial charge in [-0.25, -0.2) is 9.37 Å². The number of hydrogen-bond donors (Lipinski definition) is 2. The number of anilines is 1. The van der Waals surface area contributed by atoms with Crippen LogP contribution < -0.4 is 11.1 Å². The lowest BCUT2D eigenvalue weighted by Gasteiger charge is -2.11. The lowest BCUT2D eigenvalue weighted by molar-refractivity contribution is 0.0947. The van der Waals surface area contributed by atoms with E-state index in [-0.39, 0.29) is 11.4 Å². The molecule has 31 heavy (non-hydrogen) atoms. The molecule has 0 unspecified atom stereocenters. The molecule has 1 amide bonds. The van der Waals surface area contributed by atoms with Gasteiger partial charge >= 0.3 is 0 Å². The molecule has 0 saturated carbocycles. The summed E-state index contributed by atoms with van der Waals surface area (Å²) in [7, 11) is 0. The summed E-state index contributed by atoms with van der Waals surface area (Å²) < 4.78 is 14.8. The highest BCUT2D eigenvalue weighted by Gasteiger charge is 2.15. The predicted octanol–water partition coefficient (Wildman–Crippen LogP) is 4.77. The molecule has 0 aliphatic rings. The maximum atomic E-state index is 14.8. The average molecular weight is 412 g/mol. The molecule has 4 rings (SSSR count). The number of pyridine rings is 2. The van der Waals surface area contributed by atoms with Crippen LogP contribution in [0.4, 0.5) is 10.2 Å². The third-order valence-electron chi connectivity index (χ3n) is 5.07. The smallest absolute Gasteiger partial charge is 0.254 e. The number of aryl methyl sites for hydroxylation is 1. The Morgan fingerprint density at radius 2 is 1.81 bits per heavy atom. The highest BCUT2D eigenvalue weighted by atomic mass is 19.1. The van der Waals surface area contributed by atoms with Crippen molar-refractivity contribution < 1.29 is 9.18 Å². The molecule has 2 aromatic heterocycles. The SMILES string of the molecule is Cc1cnccc1-c1cnc(N)c(-c2ccc(C(=O)NCc3ccccc3)c(F)c2)c1. The third-order valence-corrected chi connectivity index (χ3v) is 5.07. The topological polar surface area (TPSA) is 80.9 Å². The van der Waals surface area contributed by atoms with Gasteiger partial charge < -0.3 is 11.1 Å². The number of halogens is 1. The largest absolute Gasteiger partial charge is 0.383 e. The molecule has 0 radical (unpaired) electrons. The Morgan fingerprint density at radius 1 is 1.00 bits per heavy atom. The van der Waals surface area contributed by atoms with Crippen molar-refractivity contribution in [2.24, 2.45) is 0 Å². The first-order chi connectivity index (χ1) is 15.0. The molecular formula is C25H21FN4O. The van der Waals surface area contributed by atoms with Crippen molar-refractivity contribution >= 4 is 11.7 Å². The van der Waals surface area contributed by atoms with Crippen molar-refractivity contribution in [3.8, 4) is 22.3 Å². The summed E-state index contributed by atoms with van der Waals surface area (Å²) >= 11 is 0. The number of nitrogens with two attached hydrogens (primary N) is 1. The second-order valence-corrected chi connectivity index (χ2v) is 7.21. The molecule has 0 aliphatic carbocycles. The number of hydrogen-bond acceptors (Lipinski definition) is 4. The summed E-state index contributed by atoms with van der Waals surface area (Å²) in [5, 5.41) is 2.74. The fraction of sp³-hybridized carbons (Fsp3) is 0.0800. The summed E-state index contributed by atoms with van der Waals surface area (Å²) in [5.74, 6) is -0.802. The van der Waals surface area contributed by atoms with Crippen LogP contribution in [0.15, 0.2) is 79.3 Å². The Kier molecular flexibility index (Phi) is 5.71. The van der Waals surface area contributed by atoms with Gasteiger partial charge in [0.25, 0.3) is 5.91 Å². The van der Waals surface area contributed by atoms with Crippen molar-refractivity contribution in [2.45, 2.75) is 13.5 Å². The minimum atomic E-state index is -0.618. The highest BCUT2D eigenvalue weighted by molar-refractivity contribution is 5.95. The van der Waals surface area contributed by atoms with Crippen LogP contribution in [0.25, 0.3) is 22.3 Å². The van der Waals surface area contributed by atoms with E-state index in [4.69, 9.17) is 5.73 Å². The predicted molar refractivity (Wildman–Crippen MR) is 120 cm³/mol. The molecule has 0 atom stereocenters. The Morgan fingerprint density at radius 3 is 2.55 bits per heavy atom. The first-order valence-electron chi connectivity index (χ1n) is 9.81. The van der Waals surface area contributed by atoms with Gasteiger partial charge in [0.2, 0.25) is 0 Å². The van der Waals surface area contributed by atoms with Crippen LogP contribution in [0.3, 0.4) is 0 Å². The third kappa shape index (κ3) is 4.43. The normalized spacial score (nSPS) is 10.6. The van der Waals surface area contributed by atoms with E-state index in [2.05, 4.69) is 15.3 Å². The zero-order valence-electron chi connectivity index (χ0n) is 17.0. The lowest BCUT2D eigenvalue weighted by atomic mass is 9.98. The zero-order chi connectivity index (χ0) is 21.8. The number of nitrogens with zero attached hydrogens (tertiary/aromatic N) is 2. The van der Waals surface area contributed by atoms with Crippen molar-refractivity contribution in [3.63, 3.8) is 0 Å². The van der Waals surface area contributed by atoms with Gasteiger partial charge in [0, 0.05) is 36.3 Å². The van der Waals surface area contributed by atoms with Gasteiger partial charge in [0.1, 0.15) is 11.6 Å². The number of carbonyl (C=O) groups is 1. The van der Waals surface area contributed by atoms with E-state index in [0.717, 1.165) is 22.3 Å². The fourth-order valence-corrected chi connectivity index (χ4v) is 3.39. The van der Waals surface area contributed by atoms with Crippen molar-refractivity contribution in [3.05, 3.63) is 102 Å². The standard InChI is InChI=1S/C25H21FN4O/c1-16-13-28-10-9-20(16)19-11-22(24(27)29-15-19)18-7-8-21(23(26)12-18)25(31)30-14-17-5-3-2-4-6-17/h2-13,15H,14H2,1H3,(H2,27,29)(H,30,31). The Hall–Kier alpha value is -4.06. The van der Waals surface area contributed by atoms with Gasteiger partial charge in [-0.05, 0) is 53.4 Å². The Labute approximate surface area is 179 Å². The van der Waals surface area contributed by atoms with Gasteiger partial charge in [-0.15, -0.1) is 0 Å². The molecule has 5 nitrogen and oxygen atoms in total. The number of benzene rings is 2. The van der Waals surface area contributed by atoms with E-state index in [9.17, 15) is 9.18 Å². The number of nitrogen functional groups attached to an aromatic ring is 1. The second-order valence-electron chi connectivity index (χ2n) is 7.21. The molecular weight excluding hydrogens is 391 g/mol. The minimum Gasteiger partial charge on any atom is -0.383 e. The molecule has 0 saturated heterocycles. The van der Waals surface area contributed by atoms with Crippen LogP contribution in [0.1, 0.15) is 21.5 Å². The average Bonchev–Trinajstić information content (AvgIpc) is 2.79. The van der Waals surface area contributed by atoms with Crippen LogP contribution in [-0.4, -0.2) is 15.9 Å². The summed E-state index contributed by atoms with van der Waals surface area (Å²) in [4.78, 5) is 20.8. The monoisotopic (exact) mass is 412 g/mol. The van der Waals surface area contributed by atoms with E-state index in [1.54, 1.807) is 24.7 Å². The van der Waals surface area contributed by atoms with E-state index in [0.29, 0.717) is 17.7 Å². The zero-order valence-corrected chi connectivity index (χ0v) is 17.0. The van der Waals surface area contributed by atoms with Gasteiger partial charge in [-0.3, -0.25) is 9.78 Å². The summed E-state index contributed by atoms with van der Waals surface area (Å²) in [5.41, 5.74) is 11.0. The number of rotatable bonds is 5. The summed E-state index contributed by atoms with van der Waals surface area (Å²) in [6.07, 6.45) is 5.16. The van der Waals surface area contributed by atoms with Gasteiger partial charge in [0.15, 0.2) is 0 Å². The number of amides is 1. The Balaban J connectivity index is 1.60. The maximum absolute atomic E-state index is 14.8. The van der Waals surface area contributed by atoms with Gasteiger partial charge in [-0.2, -0.15) is 0 Å². The van der Waals surface area contributed by atoms with E-state index in [1.165, 1.54) is 12.1 Å². The second kappa shape index (κ2) is 8.75. The molecule has 0 bridgehead atoms. The van der Waals surface area contributed by atoms with Gasteiger partial charge in [0.05, 0.1) is 5.56 Å². The van der Waals surface area contributed by atoms with Crippen LogP contribution in [-0.2, 0) is 6.54 Å². The molecule has 2 aromatic carbocycles. The van der Waals surface area contributed by atoms with E-state index >= 15 is 0 Å². The maximum Gasteiger partial charge on any atom is 0.254 e. The van der Waals surface area contributed by atoms with Crippen LogP contribution in [0, 0.1) is 12.7 Å². The molecule has 4 aromatic rings. The van der Waals surface area contributed by atoms with Crippen molar-refractivity contribution in [2.75, 3.05) is 5.73 Å². The Bertz CT molecular complexity index is 1240. The lowest BCUT2D eigenvalue weighted by Crippen LogP contribution is -2.23. The van der Waals surface area contributed by atoms with Crippen molar-refractivity contribution in [1.29, 1.82) is 0 Å². The molecule has 0 spiro atoms. The van der Waals surface area contributed by atoms with E-state index < -0.39 is 11.7 Å². The molecule has 154 valence electrons. The molecule has 2 heterocycles. The van der Waals surface area contributed by atoms with Crippen LogP contribution >= 0.6 is 0 Å². The summed E-state index contributed by atoms with van der Waals surface area (Å²) in [6.45, 7) is 2.28. The van der Waals surface area contributed by atoms with Crippen molar-refractivity contribution in [1.82, 2.24) is 15.3 Å². The quantitative estimate of drug-likeness (QED) is 0.495. The van der Waals surface area contributed by atoms with Gasteiger partial charge in [-0.1, -0.05) is 36.4 Å². The molecule has 3 N–H and O–H groups in total. The van der Waals surface area contributed by atoms with Crippen LogP contribution in [0.5, 0.6) is 0 Å². The first kappa shape index (κ1) is 20.2. The van der Waals surface area contributed by atoms with Crippen LogP contribution in [0.2, 0.25) is 0 Å². The number of aromatic nitrogens is 2. The number of carbonyl (C=O) groups excluding carboxylic acids is 1. The number of nitrogens with one attached hydrogen (secondary N) is 1. The first-order valence-corrected chi connectivity index (χ1v) is 9.81. The summed E-state index contributed by atoms with van der Waals surface area (Å²) in [6, 6.07) is 17.7. The minimum absolute atomic E-state index is 0.0210. The molecule has 0 aliphatic heterocycles. The molecule has 0 fully saturated rings. The highest BCUT2D eigenvalue weighted by Crippen LogP contribution is 2.31. The van der Waals surface area contributed by atoms with E-state index in [1.807, 2.05) is 49.4 Å². The molecule has 6 heteroatoms. The fourth-order valence-electron chi connectivity index (χ4n) is 3.39.